The van der Waals surface area contributed by atoms with Crippen molar-refractivity contribution in [2.45, 2.75) is 18.9 Å². The molecule has 0 bridgehead atoms. The molecule has 0 aliphatic rings. The molecular weight excluding hydrogens is 248 g/mol. The lowest BCUT2D eigenvalue weighted by Gasteiger charge is -2.12. The van der Waals surface area contributed by atoms with Gasteiger partial charge in [-0.1, -0.05) is 0 Å². The predicted octanol–water partition coefficient (Wildman–Crippen LogP) is 1.64. The van der Waals surface area contributed by atoms with Crippen LogP contribution in [-0.4, -0.2) is 36.8 Å². The second kappa shape index (κ2) is 8.58. The molecule has 1 unspecified atom stereocenters. The predicted molar refractivity (Wildman–Crippen MR) is 72.0 cm³/mol. The average Bonchev–Trinajstić information content (AvgIpc) is 2.42. The van der Waals surface area contributed by atoms with E-state index in [1.807, 2.05) is 0 Å². The van der Waals surface area contributed by atoms with E-state index >= 15 is 0 Å². The van der Waals surface area contributed by atoms with Crippen molar-refractivity contribution in [2.24, 2.45) is 0 Å². The van der Waals surface area contributed by atoms with Crippen molar-refractivity contribution < 1.29 is 14.8 Å². The monoisotopic (exact) mass is 268 g/mol. The third-order valence-corrected chi connectivity index (χ3v) is 2.78. The van der Waals surface area contributed by atoms with Gasteiger partial charge in [0.2, 0.25) is 0 Å². The van der Waals surface area contributed by atoms with E-state index < -0.39 is 11.0 Å². The highest BCUT2D eigenvalue weighted by molar-refractivity contribution is 5.33. The van der Waals surface area contributed by atoms with Crippen LogP contribution >= 0.6 is 0 Å². The average molecular weight is 268 g/mol. The van der Waals surface area contributed by atoms with Crippen molar-refractivity contribution in [3.8, 4) is 0 Å². The van der Waals surface area contributed by atoms with E-state index in [9.17, 15) is 15.2 Å². The third-order valence-electron chi connectivity index (χ3n) is 2.78. The summed E-state index contributed by atoms with van der Waals surface area (Å²) in [5, 5.41) is 23.5. The second-order valence-corrected chi connectivity index (χ2v) is 4.27. The van der Waals surface area contributed by atoms with Crippen LogP contribution in [0.15, 0.2) is 24.3 Å². The molecule has 0 spiro atoms. The van der Waals surface area contributed by atoms with Gasteiger partial charge in [-0.3, -0.25) is 10.1 Å². The molecule has 1 atom stereocenters. The molecule has 6 nitrogen and oxygen atoms in total. The van der Waals surface area contributed by atoms with Gasteiger partial charge in [0.15, 0.2) is 0 Å². The van der Waals surface area contributed by atoms with E-state index in [2.05, 4.69) is 5.32 Å². The Bertz CT molecular complexity index is 381. The van der Waals surface area contributed by atoms with Gasteiger partial charge in [0, 0.05) is 32.4 Å². The number of non-ortho nitro benzene ring substituents is 1. The Kier molecular flexibility index (Phi) is 7.02. The van der Waals surface area contributed by atoms with Crippen molar-refractivity contribution in [3.05, 3.63) is 39.9 Å². The Morgan fingerprint density at radius 1 is 1.37 bits per heavy atom. The Balaban J connectivity index is 2.29. The lowest BCUT2D eigenvalue weighted by molar-refractivity contribution is -0.384. The number of nitrogens with zero attached hydrogens (tertiary/aromatic N) is 1. The summed E-state index contributed by atoms with van der Waals surface area (Å²) in [5.41, 5.74) is 0.707. The van der Waals surface area contributed by atoms with E-state index in [1.54, 1.807) is 19.2 Å². The van der Waals surface area contributed by atoms with Gasteiger partial charge < -0.3 is 15.2 Å². The summed E-state index contributed by atoms with van der Waals surface area (Å²) in [6, 6.07) is 5.96. The van der Waals surface area contributed by atoms with Crippen LogP contribution in [-0.2, 0) is 4.74 Å². The molecule has 2 N–H and O–H groups in total. The summed E-state index contributed by atoms with van der Waals surface area (Å²) in [6.45, 7) is 1.99. The number of methoxy groups -OCH3 is 1. The number of hydrogen-bond acceptors (Lipinski definition) is 5. The molecule has 106 valence electrons. The summed E-state index contributed by atoms with van der Waals surface area (Å²) in [4.78, 5) is 10.0. The summed E-state index contributed by atoms with van der Waals surface area (Å²) in [7, 11) is 1.67. The van der Waals surface area contributed by atoms with Gasteiger partial charge in [0.25, 0.3) is 5.69 Å². The van der Waals surface area contributed by atoms with Gasteiger partial charge >= 0.3 is 0 Å². The van der Waals surface area contributed by atoms with Crippen LogP contribution in [0.4, 0.5) is 5.69 Å². The van der Waals surface area contributed by atoms with Crippen molar-refractivity contribution in [1.29, 1.82) is 0 Å². The summed E-state index contributed by atoms with van der Waals surface area (Å²) in [5.74, 6) is 0. The summed E-state index contributed by atoms with van der Waals surface area (Å²) in [6.07, 6.45) is 1.32. The molecule has 0 aromatic heterocycles. The molecule has 1 aromatic carbocycles. The summed E-state index contributed by atoms with van der Waals surface area (Å²) >= 11 is 0. The lowest BCUT2D eigenvalue weighted by atomic mass is 10.1. The number of rotatable bonds is 9. The summed E-state index contributed by atoms with van der Waals surface area (Å²) < 4.78 is 4.94. The number of aliphatic hydroxyl groups excluding tert-OH is 1. The minimum absolute atomic E-state index is 0.0310. The first kappa shape index (κ1) is 15.6. The minimum Gasteiger partial charge on any atom is -0.387 e. The highest BCUT2D eigenvalue weighted by atomic mass is 16.6. The molecule has 0 aliphatic carbocycles. The van der Waals surface area contributed by atoms with Crippen LogP contribution in [0.1, 0.15) is 24.5 Å². The first-order valence-electron chi connectivity index (χ1n) is 6.27. The Morgan fingerprint density at radius 2 is 2.05 bits per heavy atom. The number of hydrogen-bond donors (Lipinski definition) is 2. The zero-order chi connectivity index (χ0) is 14.1. The Morgan fingerprint density at radius 3 is 2.63 bits per heavy atom. The largest absolute Gasteiger partial charge is 0.387 e. The first-order valence-corrected chi connectivity index (χ1v) is 6.27. The fraction of sp³-hybridized carbons (Fsp3) is 0.538. The SMILES string of the molecule is COCCCCNCC(O)c1ccc([N+](=O)[O-])cc1. The zero-order valence-corrected chi connectivity index (χ0v) is 11.0. The maximum absolute atomic E-state index is 10.5. The molecule has 1 rings (SSSR count). The number of ether oxygens (including phenoxy) is 1. The molecule has 0 amide bonds. The van der Waals surface area contributed by atoms with E-state index in [4.69, 9.17) is 4.74 Å². The Hall–Kier alpha value is -1.50. The van der Waals surface area contributed by atoms with Gasteiger partial charge in [0.1, 0.15) is 0 Å². The highest BCUT2D eigenvalue weighted by Gasteiger charge is 2.09. The van der Waals surface area contributed by atoms with Crippen LogP contribution in [0.2, 0.25) is 0 Å². The normalized spacial score (nSPS) is 12.3. The molecule has 0 fully saturated rings. The van der Waals surface area contributed by atoms with Crippen LogP contribution < -0.4 is 5.32 Å². The molecule has 0 heterocycles. The van der Waals surface area contributed by atoms with Crippen LogP contribution in [0, 0.1) is 10.1 Å². The van der Waals surface area contributed by atoms with E-state index in [0.29, 0.717) is 12.1 Å². The molecule has 0 aliphatic heterocycles. The van der Waals surface area contributed by atoms with Gasteiger partial charge in [-0.15, -0.1) is 0 Å². The maximum Gasteiger partial charge on any atom is 0.269 e. The molecule has 0 radical (unpaired) electrons. The van der Waals surface area contributed by atoms with Crippen LogP contribution in [0.5, 0.6) is 0 Å². The van der Waals surface area contributed by atoms with E-state index in [-0.39, 0.29) is 5.69 Å². The topological polar surface area (TPSA) is 84.6 Å². The number of nitro benzene ring substituents is 1. The van der Waals surface area contributed by atoms with Crippen LogP contribution in [0.3, 0.4) is 0 Å². The highest BCUT2D eigenvalue weighted by Crippen LogP contribution is 2.17. The van der Waals surface area contributed by atoms with E-state index in [0.717, 1.165) is 26.0 Å². The molecule has 19 heavy (non-hydrogen) atoms. The van der Waals surface area contributed by atoms with Gasteiger partial charge in [-0.2, -0.15) is 0 Å². The lowest BCUT2D eigenvalue weighted by Crippen LogP contribution is -2.22. The molecule has 0 saturated heterocycles. The Labute approximate surface area is 112 Å². The maximum atomic E-state index is 10.5. The van der Waals surface area contributed by atoms with Crippen molar-refractivity contribution in [1.82, 2.24) is 5.32 Å². The van der Waals surface area contributed by atoms with Gasteiger partial charge in [-0.05, 0) is 37.1 Å². The second-order valence-electron chi connectivity index (χ2n) is 4.27. The molecule has 6 heteroatoms. The fourth-order valence-corrected chi connectivity index (χ4v) is 1.67. The molecular formula is C13H20N2O4. The van der Waals surface area contributed by atoms with E-state index in [1.165, 1.54) is 12.1 Å². The first-order chi connectivity index (χ1) is 9.15. The molecule has 0 saturated carbocycles. The van der Waals surface area contributed by atoms with Crippen LogP contribution in [0.25, 0.3) is 0 Å². The van der Waals surface area contributed by atoms with Gasteiger partial charge in [0.05, 0.1) is 11.0 Å². The van der Waals surface area contributed by atoms with Crippen molar-refractivity contribution in [3.63, 3.8) is 0 Å². The standard InChI is InChI=1S/C13H20N2O4/c1-19-9-3-2-8-14-10-13(16)11-4-6-12(7-5-11)15(17)18/h4-7,13-14,16H,2-3,8-10H2,1H3. The zero-order valence-electron chi connectivity index (χ0n) is 11.0. The number of nitrogens with one attached hydrogen (secondary N) is 1. The number of unbranched alkanes of at least 4 members (excludes halogenated alkanes) is 1. The number of benzene rings is 1. The fourth-order valence-electron chi connectivity index (χ4n) is 1.67. The van der Waals surface area contributed by atoms with Crippen molar-refractivity contribution in [2.75, 3.05) is 26.8 Å². The quantitative estimate of drug-likeness (QED) is 0.404. The van der Waals surface area contributed by atoms with Gasteiger partial charge in [-0.25, -0.2) is 0 Å². The molecule has 1 aromatic rings. The smallest absolute Gasteiger partial charge is 0.269 e. The third kappa shape index (κ3) is 5.78. The van der Waals surface area contributed by atoms with Crippen molar-refractivity contribution >= 4 is 5.69 Å². The number of aliphatic hydroxyl groups is 1. The minimum atomic E-state index is -0.650. The number of nitro groups is 1.